The van der Waals surface area contributed by atoms with E-state index in [0.717, 1.165) is 60.8 Å². The van der Waals surface area contributed by atoms with Crippen LogP contribution in [0.25, 0.3) is 0 Å². The van der Waals surface area contributed by atoms with Crippen molar-refractivity contribution in [3.05, 3.63) is 48.4 Å². The first kappa shape index (κ1) is 17.5. The number of nitrogens with one attached hydrogen (secondary N) is 1. The van der Waals surface area contributed by atoms with Crippen LogP contribution in [0.4, 0.5) is 23.4 Å². The van der Waals surface area contributed by atoms with Crippen LogP contribution in [-0.4, -0.2) is 52.9 Å². The number of aromatic nitrogens is 4. The molecule has 0 atom stereocenters. The second kappa shape index (κ2) is 7.42. The van der Waals surface area contributed by atoms with Gasteiger partial charge in [-0.2, -0.15) is 4.98 Å². The molecule has 9 heteroatoms. The first-order valence-corrected chi connectivity index (χ1v) is 9.54. The van der Waals surface area contributed by atoms with E-state index in [9.17, 15) is 0 Å². The van der Waals surface area contributed by atoms with Crippen molar-refractivity contribution in [1.82, 2.24) is 19.9 Å². The fourth-order valence-electron chi connectivity index (χ4n) is 3.46. The molecule has 4 heterocycles. The third-order valence-corrected chi connectivity index (χ3v) is 4.91. The lowest BCUT2D eigenvalue weighted by atomic mass is 10.3. The number of rotatable bonds is 4. The number of aryl methyl sites for hydroxylation is 1. The van der Waals surface area contributed by atoms with Crippen molar-refractivity contribution in [3.63, 3.8) is 0 Å². The van der Waals surface area contributed by atoms with Gasteiger partial charge in [0.1, 0.15) is 5.82 Å². The van der Waals surface area contributed by atoms with Gasteiger partial charge < -0.3 is 24.6 Å². The SMILES string of the molecule is Cc1cc(N2CCN(c3ncccn3)CC2)nc(Nc2ccc3c(c2)OCO3)n1. The molecule has 0 radical (unpaired) electrons. The molecule has 1 aromatic carbocycles. The fourth-order valence-corrected chi connectivity index (χ4v) is 3.46. The summed E-state index contributed by atoms with van der Waals surface area (Å²) in [5, 5.41) is 3.27. The molecule has 9 nitrogen and oxygen atoms in total. The highest BCUT2D eigenvalue weighted by Crippen LogP contribution is 2.35. The van der Waals surface area contributed by atoms with Gasteiger partial charge >= 0.3 is 0 Å². The van der Waals surface area contributed by atoms with Gasteiger partial charge in [0.05, 0.1) is 0 Å². The zero-order valence-electron chi connectivity index (χ0n) is 16.1. The Kier molecular flexibility index (Phi) is 4.47. The quantitative estimate of drug-likeness (QED) is 0.720. The first-order valence-electron chi connectivity index (χ1n) is 9.54. The van der Waals surface area contributed by atoms with Gasteiger partial charge in [-0.15, -0.1) is 0 Å². The summed E-state index contributed by atoms with van der Waals surface area (Å²) in [5.41, 5.74) is 1.77. The topological polar surface area (TPSA) is 88.5 Å². The maximum absolute atomic E-state index is 5.44. The van der Waals surface area contributed by atoms with E-state index >= 15 is 0 Å². The second-order valence-electron chi connectivity index (χ2n) is 6.91. The van der Waals surface area contributed by atoms with Crippen LogP contribution in [0.3, 0.4) is 0 Å². The van der Waals surface area contributed by atoms with Gasteiger partial charge in [-0.1, -0.05) is 0 Å². The van der Waals surface area contributed by atoms with Crippen LogP contribution in [-0.2, 0) is 0 Å². The van der Waals surface area contributed by atoms with Gasteiger partial charge in [-0.05, 0) is 25.1 Å². The minimum absolute atomic E-state index is 0.254. The van der Waals surface area contributed by atoms with Crippen LogP contribution >= 0.6 is 0 Å². The number of fused-ring (bicyclic) bond motifs is 1. The number of benzene rings is 1. The minimum atomic E-state index is 0.254. The summed E-state index contributed by atoms with van der Waals surface area (Å²) in [4.78, 5) is 22.4. The Morgan fingerprint density at radius 2 is 1.66 bits per heavy atom. The summed E-state index contributed by atoms with van der Waals surface area (Å²) < 4.78 is 10.8. The first-order chi connectivity index (χ1) is 14.2. The van der Waals surface area contributed by atoms with Gasteiger partial charge in [0.2, 0.25) is 18.7 Å². The highest BCUT2D eigenvalue weighted by atomic mass is 16.7. The zero-order valence-corrected chi connectivity index (χ0v) is 16.1. The predicted octanol–water partition coefficient (Wildman–Crippen LogP) is 2.37. The predicted molar refractivity (Wildman–Crippen MR) is 109 cm³/mol. The van der Waals surface area contributed by atoms with Gasteiger partial charge in [0, 0.05) is 62.1 Å². The number of nitrogens with zero attached hydrogens (tertiary/aromatic N) is 6. The zero-order chi connectivity index (χ0) is 19.6. The van der Waals surface area contributed by atoms with Crippen molar-refractivity contribution in [3.8, 4) is 11.5 Å². The van der Waals surface area contributed by atoms with Crippen molar-refractivity contribution in [2.75, 3.05) is 48.1 Å². The molecule has 0 spiro atoms. The summed E-state index contributed by atoms with van der Waals surface area (Å²) in [6, 6.07) is 9.55. The van der Waals surface area contributed by atoms with Gasteiger partial charge in [-0.3, -0.25) is 0 Å². The van der Waals surface area contributed by atoms with E-state index in [4.69, 9.17) is 14.5 Å². The Hall–Kier alpha value is -3.62. The number of anilines is 4. The highest BCUT2D eigenvalue weighted by molar-refractivity contribution is 5.61. The highest BCUT2D eigenvalue weighted by Gasteiger charge is 2.21. The van der Waals surface area contributed by atoms with Crippen LogP contribution in [0.15, 0.2) is 42.7 Å². The van der Waals surface area contributed by atoms with Crippen molar-refractivity contribution in [2.45, 2.75) is 6.92 Å². The van der Waals surface area contributed by atoms with E-state index in [-0.39, 0.29) is 6.79 Å². The molecule has 2 aliphatic heterocycles. The van der Waals surface area contributed by atoms with Gasteiger partial charge in [0.15, 0.2) is 11.5 Å². The number of piperazine rings is 1. The number of hydrogen-bond acceptors (Lipinski definition) is 9. The third-order valence-electron chi connectivity index (χ3n) is 4.91. The molecule has 2 aliphatic rings. The molecule has 0 unspecified atom stereocenters. The van der Waals surface area contributed by atoms with Crippen LogP contribution in [0.2, 0.25) is 0 Å². The van der Waals surface area contributed by atoms with Crippen molar-refractivity contribution in [1.29, 1.82) is 0 Å². The maximum Gasteiger partial charge on any atom is 0.231 e. The van der Waals surface area contributed by atoms with Crippen molar-refractivity contribution >= 4 is 23.4 Å². The molecule has 1 N–H and O–H groups in total. The number of ether oxygens (including phenoxy) is 2. The normalized spacial score (nSPS) is 15.5. The van der Waals surface area contributed by atoms with E-state index in [1.807, 2.05) is 37.3 Å². The largest absolute Gasteiger partial charge is 0.454 e. The monoisotopic (exact) mass is 391 g/mol. The van der Waals surface area contributed by atoms with Gasteiger partial charge in [-0.25, -0.2) is 15.0 Å². The molecule has 0 aliphatic carbocycles. The molecule has 1 saturated heterocycles. The molecule has 2 aromatic heterocycles. The molecule has 1 fully saturated rings. The Bertz CT molecular complexity index is 1010. The summed E-state index contributed by atoms with van der Waals surface area (Å²) >= 11 is 0. The lowest BCUT2D eigenvalue weighted by Gasteiger charge is -2.35. The molecule has 5 rings (SSSR count). The van der Waals surface area contributed by atoms with E-state index in [0.29, 0.717) is 5.95 Å². The second-order valence-corrected chi connectivity index (χ2v) is 6.91. The minimum Gasteiger partial charge on any atom is -0.454 e. The molecule has 148 valence electrons. The smallest absolute Gasteiger partial charge is 0.231 e. The Morgan fingerprint density at radius 1 is 0.897 bits per heavy atom. The van der Waals surface area contributed by atoms with Crippen molar-refractivity contribution < 1.29 is 9.47 Å². The summed E-state index contributed by atoms with van der Waals surface area (Å²) in [5.74, 6) is 3.72. The van der Waals surface area contributed by atoms with Crippen LogP contribution in [0, 0.1) is 6.92 Å². The third kappa shape index (κ3) is 3.71. The average molecular weight is 391 g/mol. The molecule has 3 aromatic rings. The molecule has 0 bridgehead atoms. The van der Waals surface area contributed by atoms with E-state index in [1.54, 1.807) is 12.4 Å². The molecule has 0 amide bonds. The Balaban J connectivity index is 1.30. The molecular weight excluding hydrogens is 370 g/mol. The molecule has 0 saturated carbocycles. The maximum atomic E-state index is 5.44. The van der Waals surface area contributed by atoms with E-state index < -0.39 is 0 Å². The Morgan fingerprint density at radius 3 is 2.48 bits per heavy atom. The van der Waals surface area contributed by atoms with Crippen LogP contribution in [0.1, 0.15) is 5.69 Å². The lowest BCUT2D eigenvalue weighted by Crippen LogP contribution is -2.47. The summed E-state index contributed by atoms with van der Waals surface area (Å²) in [7, 11) is 0. The molecular formula is C20H21N7O2. The number of hydrogen-bond donors (Lipinski definition) is 1. The van der Waals surface area contributed by atoms with Gasteiger partial charge in [0.25, 0.3) is 0 Å². The van der Waals surface area contributed by atoms with Crippen molar-refractivity contribution in [2.24, 2.45) is 0 Å². The van der Waals surface area contributed by atoms with E-state index in [2.05, 4.69) is 30.1 Å². The summed E-state index contributed by atoms with van der Waals surface area (Å²) in [6.45, 7) is 5.61. The molecule has 29 heavy (non-hydrogen) atoms. The standard InChI is InChI=1S/C20H21N7O2/c1-14-11-18(26-7-9-27(10-8-26)20-21-5-2-6-22-20)25-19(23-14)24-15-3-4-16-17(12-15)29-13-28-16/h2-6,11-12H,7-10,13H2,1H3,(H,23,24,25). The average Bonchev–Trinajstić information content (AvgIpc) is 3.22. The van der Waals surface area contributed by atoms with E-state index in [1.165, 1.54) is 0 Å². The fraction of sp³-hybridized carbons (Fsp3) is 0.300. The lowest BCUT2D eigenvalue weighted by molar-refractivity contribution is 0.174. The van der Waals surface area contributed by atoms with Crippen LogP contribution < -0.4 is 24.6 Å². The Labute approximate surface area is 168 Å². The summed E-state index contributed by atoms with van der Waals surface area (Å²) in [6.07, 6.45) is 3.55. The van der Waals surface area contributed by atoms with Crippen LogP contribution in [0.5, 0.6) is 11.5 Å².